The summed E-state index contributed by atoms with van der Waals surface area (Å²) < 4.78 is 3.21. The molecule has 1 atom stereocenters. The lowest BCUT2D eigenvalue weighted by Gasteiger charge is -2.16. The third-order valence-electron chi connectivity index (χ3n) is 2.80. The molecule has 0 spiro atoms. The molecule has 0 aliphatic rings. The maximum Gasteiger partial charge on any atom is 0.276 e. The Morgan fingerprint density at radius 3 is 2.88 bits per heavy atom. The first kappa shape index (κ1) is 10.9. The van der Waals surface area contributed by atoms with Gasteiger partial charge in [0.2, 0.25) is 0 Å². The molecule has 2 aromatic heterocycles. The molecule has 2 aromatic rings. The van der Waals surface area contributed by atoms with Gasteiger partial charge in [-0.05, 0) is 12.0 Å². The van der Waals surface area contributed by atoms with Gasteiger partial charge < -0.3 is 10.3 Å². The van der Waals surface area contributed by atoms with E-state index < -0.39 is 0 Å². The molecule has 1 unspecified atom stereocenters. The van der Waals surface area contributed by atoms with Crippen LogP contribution < -0.4 is 11.3 Å². The second-order valence-electron chi connectivity index (χ2n) is 4.32. The van der Waals surface area contributed by atoms with E-state index in [1.807, 2.05) is 13.8 Å². The predicted octanol–water partition coefficient (Wildman–Crippen LogP) is 0.479. The van der Waals surface area contributed by atoms with E-state index in [1.165, 1.54) is 0 Å². The second-order valence-corrected chi connectivity index (χ2v) is 4.32. The molecule has 0 radical (unpaired) electrons. The molecule has 0 amide bonds. The van der Waals surface area contributed by atoms with Crippen molar-refractivity contribution in [2.45, 2.75) is 26.4 Å². The maximum absolute atomic E-state index is 12.0. The second kappa shape index (κ2) is 4.09. The van der Waals surface area contributed by atoms with Gasteiger partial charge >= 0.3 is 0 Å². The van der Waals surface area contributed by atoms with Crippen molar-refractivity contribution in [3.8, 4) is 0 Å². The van der Waals surface area contributed by atoms with Gasteiger partial charge in [-0.1, -0.05) is 13.8 Å². The Balaban J connectivity index is 2.38. The Morgan fingerprint density at radius 1 is 1.44 bits per heavy atom. The van der Waals surface area contributed by atoms with Crippen molar-refractivity contribution in [2.24, 2.45) is 11.7 Å². The summed E-state index contributed by atoms with van der Waals surface area (Å²) in [6.45, 7) is 4.64. The van der Waals surface area contributed by atoms with Crippen molar-refractivity contribution < 1.29 is 0 Å². The first-order chi connectivity index (χ1) is 7.59. The normalized spacial score (nSPS) is 13.5. The summed E-state index contributed by atoms with van der Waals surface area (Å²) >= 11 is 0. The van der Waals surface area contributed by atoms with Crippen LogP contribution in [0.3, 0.4) is 0 Å². The molecule has 2 heterocycles. The van der Waals surface area contributed by atoms with Crippen molar-refractivity contribution in [3.63, 3.8) is 0 Å². The fourth-order valence-electron chi connectivity index (χ4n) is 1.54. The highest BCUT2D eigenvalue weighted by Gasteiger charge is 2.10. The van der Waals surface area contributed by atoms with Crippen LogP contribution in [0.4, 0.5) is 0 Å². The molecule has 0 aromatic carbocycles. The predicted molar refractivity (Wildman–Crippen MR) is 62.3 cm³/mol. The summed E-state index contributed by atoms with van der Waals surface area (Å²) in [6.07, 6.45) is 5.11. The van der Waals surface area contributed by atoms with Crippen LogP contribution in [0.15, 0.2) is 29.5 Å². The molecular weight excluding hydrogens is 204 g/mol. The van der Waals surface area contributed by atoms with Gasteiger partial charge in [0, 0.05) is 25.0 Å². The number of aromatic nitrogens is 3. The summed E-state index contributed by atoms with van der Waals surface area (Å²) in [6, 6.07) is 1.70. The first-order valence-corrected chi connectivity index (χ1v) is 5.38. The number of hydrogen-bond acceptors (Lipinski definition) is 3. The van der Waals surface area contributed by atoms with Crippen molar-refractivity contribution >= 4 is 5.52 Å². The molecule has 86 valence electrons. The molecule has 2 rings (SSSR count). The minimum atomic E-state index is -0.0453. The highest BCUT2D eigenvalue weighted by molar-refractivity contribution is 5.42. The Bertz CT molecular complexity index is 540. The average Bonchev–Trinajstić information content (AvgIpc) is 2.70. The summed E-state index contributed by atoms with van der Waals surface area (Å²) in [5.41, 5.74) is 6.49. The van der Waals surface area contributed by atoms with Gasteiger partial charge in [-0.3, -0.25) is 4.79 Å². The Morgan fingerprint density at radius 2 is 2.19 bits per heavy atom. The zero-order valence-corrected chi connectivity index (χ0v) is 9.50. The van der Waals surface area contributed by atoms with Gasteiger partial charge in [0.15, 0.2) is 0 Å². The van der Waals surface area contributed by atoms with E-state index >= 15 is 0 Å². The van der Waals surface area contributed by atoms with Crippen molar-refractivity contribution in [3.05, 3.63) is 35.0 Å². The maximum atomic E-state index is 12.0. The SMILES string of the molecule is CC(C)C(N)Cn1ccn2nccc2c1=O. The Labute approximate surface area is 93.5 Å². The van der Waals surface area contributed by atoms with Crippen LogP contribution in [0, 0.1) is 5.92 Å². The molecule has 5 heteroatoms. The van der Waals surface area contributed by atoms with Crippen molar-refractivity contribution in [1.82, 2.24) is 14.2 Å². The Hall–Kier alpha value is -1.62. The largest absolute Gasteiger partial charge is 0.326 e. The van der Waals surface area contributed by atoms with Crippen LogP contribution >= 0.6 is 0 Å². The molecule has 16 heavy (non-hydrogen) atoms. The van der Waals surface area contributed by atoms with Crippen LogP contribution in [0.2, 0.25) is 0 Å². The van der Waals surface area contributed by atoms with Gasteiger partial charge in [0.25, 0.3) is 5.56 Å². The lowest BCUT2D eigenvalue weighted by molar-refractivity contribution is 0.427. The molecule has 0 saturated carbocycles. The van der Waals surface area contributed by atoms with Gasteiger partial charge in [0.1, 0.15) is 5.52 Å². The highest BCUT2D eigenvalue weighted by atomic mass is 16.1. The van der Waals surface area contributed by atoms with Crippen LogP contribution in [0.25, 0.3) is 5.52 Å². The summed E-state index contributed by atoms with van der Waals surface area (Å²) in [5, 5.41) is 4.01. The fourth-order valence-corrected chi connectivity index (χ4v) is 1.54. The van der Waals surface area contributed by atoms with Crippen LogP contribution in [-0.2, 0) is 6.54 Å². The lowest BCUT2D eigenvalue weighted by Crippen LogP contribution is -2.35. The molecule has 2 N–H and O–H groups in total. The van der Waals surface area contributed by atoms with Crippen LogP contribution in [0.1, 0.15) is 13.8 Å². The number of nitrogens with two attached hydrogens (primary N) is 1. The monoisotopic (exact) mass is 220 g/mol. The molecule has 0 saturated heterocycles. The minimum absolute atomic E-state index is 0.0110. The van der Waals surface area contributed by atoms with Gasteiger partial charge in [0.05, 0.1) is 6.20 Å². The quantitative estimate of drug-likeness (QED) is 0.818. The van der Waals surface area contributed by atoms with E-state index in [2.05, 4.69) is 5.10 Å². The third-order valence-corrected chi connectivity index (χ3v) is 2.80. The van der Waals surface area contributed by atoms with Crippen molar-refractivity contribution in [1.29, 1.82) is 0 Å². The van der Waals surface area contributed by atoms with E-state index in [1.54, 1.807) is 33.7 Å². The molecule has 0 aliphatic heterocycles. The van der Waals surface area contributed by atoms with Crippen LogP contribution in [-0.4, -0.2) is 20.2 Å². The average molecular weight is 220 g/mol. The van der Waals surface area contributed by atoms with Gasteiger partial charge in [-0.2, -0.15) is 5.10 Å². The summed E-state index contributed by atoms with van der Waals surface area (Å²) in [4.78, 5) is 12.0. The van der Waals surface area contributed by atoms with E-state index in [0.717, 1.165) is 0 Å². The number of fused-ring (bicyclic) bond motifs is 1. The molecule has 0 aliphatic carbocycles. The van der Waals surface area contributed by atoms with E-state index in [0.29, 0.717) is 18.0 Å². The first-order valence-electron chi connectivity index (χ1n) is 5.38. The molecular formula is C11H16N4O. The zero-order chi connectivity index (χ0) is 11.7. The van der Waals surface area contributed by atoms with E-state index in [-0.39, 0.29) is 11.6 Å². The number of hydrogen-bond donors (Lipinski definition) is 1. The minimum Gasteiger partial charge on any atom is -0.326 e. The fraction of sp³-hybridized carbons (Fsp3) is 0.455. The smallest absolute Gasteiger partial charge is 0.276 e. The zero-order valence-electron chi connectivity index (χ0n) is 9.50. The van der Waals surface area contributed by atoms with E-state index in [4.69, 9.17) is 5.73 Å². The van der Waals surface area contributed by atoms with E-state index in [9.17, 15) is 4.79 Å². The van der Waals surface area contributed by atoms with Gasteiger partial charge in [-0.15, -0.1) is 0 Å². The molecule has 5 nitrogen and oxygen atoms in total. The third kappa shape index (κ3) is 1.86. The van der Waals surface area contributed by atoms with Gasteiger partial charge in [-0.25, -0.2) is 4.52 Å². The molecule has 0 fully saturated rings. The Kier molecular flexibility index (Phi) is 2.78. The molecule has 0 bridgehead atoms. The van der Waals surface area contributed by atoms with Crippen LogP contribution in [0.5, 0.6) is 0 Å². The highest BCUT2D eigenvalue weighted by Crippen LogP contribution is 2.01. The number of nitrogens with zero attached hydrogens (tertiary/aromatic N) is 3. The summed E-state index contributed by atoms with van der Waals surface area (Å²) in [7, 11) is 0. The standard InChI is InChI=1S/C11H16N4O/c1-8(2)9(12)7-14-5-6-15-10(11(14)16)3-4-13-15/h3-6,8-9H,7,12H2,1-2H3. The lowest BCUT2D eigenvalue weighted by atomic mass is 10.1. The van der Waals surface area contributed by atoms with Crippen molar-refractivity contribution in [2.75, 3.05) is 0 Å². The summed E-state index contributed by atoms with van der Waals surface area (Å²) in [5.74, 6) is 0.355. The topological polar surface area (TPSA) is 65.3 Å². The number of rotatable bonds is 3.